The Morgan fingerprint density at radius 1 is 1.55 bits per heavy atom. The summed E-state index contributed by atoms with van der Waals surface area (Å²) in [6.07, 6.45) is 2.77. The zero-order chi connectivity index (χ0) is 16.3. The Balaban J connectivity index is 2.11. The van der Waals surface area contributed by atoms with E-state index >= 15 is 0 Å². The third-order valence-electron chi connectivity index (χ3n) is 4.04. The Hall–Kier alpha value is -1.17. The third-order valence-corrected chi connectivity index (χ3v) is 4.32. The van der Waals surface area contributed by atoms with Crippen molar-refractivity contribution in [2.45, 2.75) is 57.1 Å². The van der Waals surface area contributed by atoms with Crippen LogP contribution in [0.25, 0.3) is 0 Å². The van der Waals surface area contributed by atoms with Crippen molar-refractivity contribution in [2.75, 3.05) is 0 Å². The number of rotatable bonds is 7. The van der Waals surface area contributed by atoms with Crippen LogP contribution in [0.5, 0.6) is 0 Å². The largest absolute Gasteiger partial charge is 0.436 e. The van der Waals surface area contributed by atoms with Crippen LogP contribution in [0.3, 0.4) is 0 Å². The number of carbonyl (C=O) groups is 1. The summed E-state index contributed by atoms with van der Waals surface area (Å²) in [6.45, 7) is 1.74. The number of esters is 1. The molecule has 1 aliphatic heterocycles. The van der Waals surface area contributed by atoms with Gasteiger partial charge in [-0.2, -0.15) is 0 Å². The fourth-order valence-electron chi connectivity index (χ4n) is 2.73. The van der Waals surface area contributed by atoms with Crippen LogP contribution >= 0.6 is 11.6 Å². The first kappa shape index (κ1) is 17.2. The summed E-state index contributed by atoms with van der Waals surface area (Å²) in [5.41, 5.74) is 6.01. The first-order valence-electron chi connectivity index (χ1n) is 7.55. The first-order chi connectivity index (χ1) is 10.4. The van der Waals surface area contributed by atoms with E-state index in [1.807, 2.05) is 0 Å². The Kier molecular flexibility index (Phi) is 5.78. The lowest BCUT2D eigenvalue weighted by Crippen LogP contribution is -2.38. The second-order valence-corrected chi connectivity index (χ2v) is 6.63. The zero-order valence-corrected chi connectivity index (χ0v) is 13.2. The van der Waals surface area contributed by atoms with Crippen molar-refractivity contribution < 1.29 is 18.3 Å². The maximum Gasteiger partial charge on any atom is 0.332 e. The molecular formula is C15H21ClF2N2O2. The highest BCUT2D eigenvalue weighted by molar-refractivity contribution is 6.20. The molecule has 2 rings (SSSR count). The standard InChI is InChI=1S/C15H21ClF2N2O2/c1-8(16)12-10(4-2-3-9-5-6-9)7-11(21)22-15(12)20-14(19)13(17)18/h7-9,12-13,15H,2-6H2,1H3,(H2,19,20). The number of hydrogen-bond donors (Lipinski definition) is 1. The molecule has 0 aromatic carbocycles. The molecule has 1 heterocycles. The molecular weight excluding hydrogens is 314 g/mol. The lowest BCUT2D eigenvalue weighted by Gasteiger charge is -2.31. The number of carbonyl (C=O) groups excluding carboxylic acids is 1. The fraction of sp³-hybridized carbons (Fsp3) is 0.733. The molecule has 1 saturated carbocycles. The van der Waals surface area contributed by atoms with Crippen LogP contribution in [-0.2, 0) is 9.53 Å². The zero-order valence-electron chi connectivity index (χ0n) is 12.5. The molecule has 0 amide bonds. The molecule has 7 heteroatoms. The summed E-state index contributed by atoms with van der Waals surface area (Å²) >= 11 is 6.18. The number of nitrogens with two attached hydrogens (primary N) is 1. The first-order valence-corrected chi connectivity index (χ1v) is 7.98. The molecule has 4 nitrogen and oxygen atoms in total. The topological polar surface area (TPSA) is 64.7 Å². The predicted molar refractivity (Wildman–Crippen MR) is 81.0 cm³/mol. The molecule has 124 valence electrons. The Bertz CT molecular complexity index is 476. The molecule has 3 atom stereocenters. The number of nitrogens with zero attached hydrogens (tertiary/aromatic N) is 1. The highest BCUT2D eigenvalue weighted by Gasteiger charge is 2.36. The maximum absolute atomic E-state index is 12.6. The lowest BCUT2D eigenvalue weighted by atomic mass is 9.88. The van der Waals surface area contributed by atoms with E-state index in [0.29, 0.717) is 6.42 Å². The molecule has 3 unspecified atom stereocenters. The molecule has 2 N–H and O–H groups in total. The summed E-state index contributed by atoms with van der Waals surface area (Å²) in [5.74, 6) is -1.03. The van der Waals surface area contributed by atoms with Crippen LogP contribution in [0.2, 0.25) is 0 Å². The second kappa shape index (κ2) is 7.40. The van der Waals surface area contributed by atoms with Crippen molar-refractivity contribution in [3.05, 3.63) is 11.6 Å². The molecule has 0 saturated heterocycles. The van der Waals surface area contributed by atoms with Gasteiger partial charge in [-0.1, -0.05) is 24.8 Å². The molecule has 1 aliphatic carbocycles. The molecule has 0 aromatic heterocycles. The third kappa shape index (κ3) is 4.66. The monoisotopic (exact) mass is 334 g/mol. The van der Waals surface area contributed by atoms with Crippen molar-refractivity contribution in [3.8, 4) is 0 Å². The fourth-order valence-corrected chi connectivity index (χ4v) is 3.02. The number of alkyl halides is 3. The van der Waals surface area contributed by atoms with Gasteiger partial charge in [0.1, 0.15) is 0 Å². The van der Waals surface area contributed by atoms with E-state index in [1.165, 1.54) is 18.9 Å². The van der Waals surface area contributed by atoms with E-state index in [4.69, 9.17) is 22.1 Å². The quantitative estimate of drug-likeness (QED) is 0.336. The molecule has 0 bridgehead atoms. The second-order valence-electron chi connectivity index (χ2n) is 5.94. The van der Waals surface area contributed by atoms with E-state index in [-0.39, 0.29) is 0 Å². The number of halogens is 3. The van der Waals surface area contributed by atoms with Gasteiger partial charge in [0.2, 0.25) is 6.23 Å². The molecule has 0 radical (unpaired) electrons. The number of hydrogen-bond acceptors (Lipinski definition) is 3. The summed E-state index contributed by atoms with van der Waals surface area (Å²) in [4.78, 5) is 15.3. The van der Waals surface area contributed by atoms with E-state index in [9.17, 15) is 13.6 Å². The van der Waals surface area contributed by atoms with Gasteiger partial charge >= 0.3 is 5.97 Å². The minimum absolute atomic E-state index is 0.403. The smallest absolute Gasteiger partial charge is 0.332 e. The van der Waals surface area contributed by atoms with Gasteiger partial charge in [0, 0.05) is 11.5 Å². The summed E-state index contributed by atoms with van der Waals surface area (Å²) in [7, 11) is 0. The lowest BCUT2D eigenvalue weighted by molar-refractivity contribution is -0.146. The van der Waals surface area contributed by atoms with Crippen molar-refractivity contribution in [2.24, 2.45) is 22.6 Å². The van der Waals surface area contributed by atoms with Crippen LogP contribution < -0.4 is 5.73 Å². The Morgan fingerprint density at radius 2 is 2.23 bits per heavy atom. The van der Waals surface area contributed by atoms with E-state index in [1.54, 1.807) is 6.92 Å². The van der Waals surface area contributed by atoms with Crippen molar-refractivity contribution >= 4 is 23.4 Å². The van der Waals surface area contributed by atoms with Gasteiger partial charge < -0.3 is 10.5 Å². The number of amidine groups is 1. The van der Waals surface area contributed by atoms with Crippen LogP contribution in [0.4, 0.5) is 8.78 Å². The SMILES string of the molecule is CC(Cl)C1C(CCCC2CC2)=CC(=O)OC1N=C(N)C(F)F. The van der Waals surface area contributed by atoms with Crippen LogP contribution in [0.1, 0.15) is 39.0 Å². The summed E-state index contributed by atoms with van der Waals surface area (Å²) in [5, 5.41) is -0.403. The van der Waals surface area contributed by atoms with Crippen molar-refractivity contribution in [1.82, 2.24) is 0 Å². The van der Waals surface area contributed by atoms with E-state index in [0.717, 1.165) is 24.3 Å². The average Bonchev–Trinajstić information content (AvgIpc) is 3.21. The van der Waals surface area contributed by atoms with Gasteiger partial charge in [-0.15, -0.1) is 11.6 Å². The Morgan fingerprint density at radius 3 is 2.77 bits per heavy atom. The predicted octanol–water partition coefficient (Wildman–Crippen LogP) is 3.24. The van der Waals surface area contributed by atoms with E-state index < -0.39 is 35.8 Å². The van der Waals surface area contributed by atoms with Gasteiger partial charge in [0.25, 0.3) is 6.43 Å². The van der Waals surface area contributed by atoms with E-state index in [2.05, 4.69) is 4.99 Å². The minimum Gasteiger partial charge on any atom is -0.436 e. The van der Waals surface area contributed by atoms with Crippen LogP contribution in [0, 0.1) is 11.8 Å². The van der Waals surface area contributed by atoms with Gasteiger partial charge in [-0.25, -0.2) is 18.6 Å². The van der Waals surface area contributed by atoms with Gasteiger partial charge in [0.05, 0.1) is 5.92 Å². The summed E-state index contributed by atoms with van der Waals surface area (Å²) < 4.78 is 30.2. The van der Waals surface area contributed by atoms with Crippen LogP contribution in [-0.4, -0.2) is 29.8 Å². The maximum atomic E-state index is 12.6. The summed E-state index contributed by atoms with van der Waals surface area (Å²) in [6, 6.07) is 0. The number of aliphatic imine (C=N–C) groups is 1. The van der Waals surface area contributed by atoms with Crippen molar-refractivity contribution in [3.63, 3.8) is 0 Å². The van der Waals surface area contributed by atoms with Crippen LogP contribution in [0.15, 0.2) is 16.6 Å². The van der Waals surface area contributed by atoms with Gasteiger partial charge in [0.15, 0.2) is 5.84 Å². The number of ether oxygens (including phenoxy) is 1. The van der Waals surface area contributed by atoms with Gasteiger partial charge in [-0.3, -0.25) is 0 Å². The number of cyclic esters (lactones) is 1. The molecule has 0 spiro atoms. The Labute approximate surface area is 133 Å². The minimum atomic E-state index is -2.88. The normalized spacial score (nSPS) is 27.6. The molecule has 0 aromatic rings. The average molecular weight is 335 g/mol. The molecule has 22 heavy (non-hydrogen) atoms. The van der Waals surface area contributed by atoms with Gasteiger partial charge in [-0.05, 0) is 25.7 Å². The highest BCUT2D eigenvalue weighted by Crippen LogP contribution is 2.37. The molecule has 1 fully saturated rings. The molecule has 2 aliphatic rings. The highest BCUT2D eigenvalue weighted by atomic mass is 35.5. The van der Waals surface area contributed by atoms with Crippen molar-refractivity contribution in [1.29, 1.82) is 0 Å².